The predicted octanol–water partition coefficient (Wildman–Crippen LogP) is 10.0. The number of nitrogen functional groups attached to an aromatic ring is 1. The molecule has 2 aliphatic rings. The number of nitrogens with one attached hydrogen (secondary N) is 1. The third-order valence-corrected chi connectivity index (χ3v) is 14.0. The zero-order valence-corrected chi connectivity index (χ0v) is 36.9. The molecule has 1 atom stereocenters. The van der Waals surface area contributed by atoms with Crippen molar-refractivity contribution < 1.29 is 0 Å². The van der Waals surface area contributed by atoms with Crippen LogP contribution in [0.3, 0.4) is 0 Å². The van der Waals surface area contributed by atoms with Crippen molar-refractivity contribution in [3.8, 4) is 11.3 Å². The summed E-state index contributed by atoms with van der Waals surface area (Å²) < 4.78 is 0. The summed E-state index contributed by atoms with van der Waals surface area (Å²) in [6, 6.07) is 38.4. The lowest BCUT2D eigenvalue weighted by atomic mass is 9.81. The van der Waals surface area contributed by atoms with Crippen molar-refractivity contribution >= 4 is 65.5 Å². The van der Waals surface area contributed by atoms with Crippen molar-refractivity contribution in [3.05, 3.63) is 141 Å². The van der Waals surface area contributed by atoms with Gasteiger partial charge >= 0.3 is 0 Å². The highest BCUT2D eigenvalue weighted by molar-refractivity contribution is 7.36. The Morgan fingerprint density at radius 1 is 0.746 bits per heavy atom. The Bertz CT molecular complexity index is 2360. The number of rotatable bonds is 13. The van der Waals surface area contributed by atoms with Crippen molar-refractivity contribution in [1.82, 2.24) is 20.0 Å². The zero-order chi connectivity index (χ0) is 40.9. The number of anilines is 3. The summed E-state index contributed by atoms with van der Waals surface area (Å²) in [5.74, 6) is 0. The molecule has 3 N–H and O–H groups in total. The molecule has 2 fully saturated rings. The van der Waals surface area contributed by atoms with E-state index in [2.05, 4.69) is 121 Å². The number of hydrogen-bond acceptors (Lipinski definition) is 7. The summed E-state index contributed by atoms with van der Waals surface area (Å²) in [5.41, 5.74) is 18.3. The van der Waals surface area contributed by atoms with Crippen LogP contribution in [0.15, 0.2) is 114 Å². The van der Waals surface area contributed by atoms with Gasteiger partial charge in [-0.2, -0.15) is 5.10 Å². The van der Waals surface area contributed by atoms with E-state index < -0.39 is 0 Å². The Kier molecular flexibility index (Phi) is 12.9. The lowest BCUT2D eigenvalue weighted by Gasteiger charge is -2.37. The lowest BCUT2D eigenvalue weighted by Crippen LogP contribution is -2.47. The molecule has 0 bridgehead atoms. The van der Waals surface area contributed by atoms with Crippen molar-refractivity contribution in [3.63, 3.8) is 0 Å². The Morgan fingerprint density at radius 3 is 2.02 bits per heavy atom. The monoisotopic (exact) mass is 844 g/mol. The molecule has 1 aromatic heterocycles. The third kappa shape index (κ3) is 9.80. The summed E-state index contributed by atoms with van der Waals surface area (Å²) in [4.78, 5) is 14.8. The maximum atomic E-state index is 6.27. The van der Waals surface area contributed by atoms with E-state index >= 15 is 0 Å². The van der Waals surface area contributed by atoms with Crippen LogP contribution in [0.25, 0.3) is 22.2 Å². The van der Waals surface area contributed by atoms with E-state index in [1.165, 1.54) is 22.5 Å². The zero-order valence-electron chi connectivity index (χ0n) is 34.4. The summed E-state index contributed by atoms with van der Waals surface area (Å²) in [6.45, 7) is 14.4. The molecule has 2 aliphatic heterocycles. The summed E-state index contributed by atoms with van der Waals surface area (Å²) in [7, 11) is 2.70. The number of aromatic amines is 1. The quantitative estimate of drug-likeness (QED) is 0.0685. The molecule has 59 heavy (non-hydrogen) atoms. The highest BCUT2D eigenvalue weighted by Gasteiger charge is 2.24. The van der Waals surface area contributed by atoms with E-state index in [0.29, 0.717) is 10.7 Å². The predicted molar refractivity (Wildman–Crippen MR) is 254 cm³/mol. The van der Waals surface area contributed by atoms with Crippen LogP contribution in [0.1, 0.15) is 42.5 Å². The van der Waals surface area contributed by atoms with E-state index in [0.717, 1.165) is 130 Å². The van der Waals surface area contributed by atoms with Crippen LogP contribution in [0.5, 0.6) is 0 Å². The third-order valence-electron chi connectivity index (χ3n) is 12.2. The minimum absolute atomic E-state index is 0.129. The Balaban J connectivity index is 0.744. The van der Waals surface area contributed by atoms with Crippen molar-refractivity contribution in [2.75, 3.05) is 87.8 Å². The van der Waals surface area contributed by atoms with Gasteiger partial charge in [-0.15, -0.1) is 8.58 Å². The van der Waals surface area contributed by atoms with Gasteiger partial charge in [0.15, 0.2) is 0 Å². The molecule has 3 heterocycles. The van der Waals surface area contributed by atoms with Gasteiger partial charge in [0, 0.05) is 115 Å². The average Bonchev–Trinajstić information content (AvgIpc) is 3.68. The SMILES string of the molecule is C/N=C(/c1ccc(N2CCN(CPCc3ccc(C(C)(C)CCN4CCN(c5ccc(-c6n[nH]c7ccc(Cl)cc67)cc5)CC4)cc3)CC2)cc1)c1cc(Cl)ccc1N. The largest absolute Gasteiger partial charge is 0.398 e. The molecular weight excluding hydrogens is 790 g/mol. The molecule has 8 nitrogen and oxygen atoms in total. The van der Waals surface area contributed by atoms with E-state index in [4.69, 9.17) is 28.9 Å². The molecule has 0 radical (unpaired) electrons. The second-order valence-electron chi connectivity index (χ2n) is 16.5. The first kappa shape index (κ1) is 41.3. The van der Waals surface area contributed by atoms with Crippen LogP contribution in [0, 0.1) is 0 Å². The molecule has 0 amide bonds. The number of benzene rings is 5. The minimum atomic E-state index is 0.129. The molecule has 2 saturated heterocycles. The van der Waals surface area contributed by atoms with Crippen molar-refractivity contribution in [1.29, 1.82) is 0 Å². The molecular formula is C48H55Cl2N8P. The van der Waals surface area contributed by atoms with Crippen LogP contribution in [-0.4, -0.2) is 97.9 Å². The molecule has 0 saturated carbocycles. The fourth-order valence-electron chi connectivity index (χ4n) is 8.41. The van der Waals surface area contributed by atoms with Crippen molar-refractivity contribution in [2.45, 2.75) is 31.8 Å². The molecule has 11 heteroatoms. The number of aromatic nitrogens is 2. The lowest BCUT2D eigenvalue weighted by molar-refractivity contribution is 0.235. The van der Waals surface area contributed by atoms with Crippen LogP contribution in [0.2, 0.25) is 10.0 Å². The molecule has 8 rings (SSSR count). The number of nitrogens with zero attached hydrogens (tertiary/aromatic N) is 6. The minimum Gasteiger partial charge on any atom is -0.398 e. The summed E-state index contributed by atoms with van der Waals surface area (Å²) in [5, 5.41) is 10.1. The van der Waals surface area contributed by atoms with Gasteiger partial charge in [-0.25, -0.2) is 0 Å². The van der Waals surface area contributed by atoms with Gasteiger partial charge in [0.05, 0.1) is 16.9 Å². The van der Waals surface area contributed by atoms with Crippen LogP contribution in [-0.2, 0) is 11.6 Å². The number of nitrogens with two attached hydrogens (primary N) is 1. The topological polar surface area (TPSA) is 80.0 Å². The molecule has 1 unspecified atom stereocenters. The van der Waals surface area contributed by atoms with E-state index in [1.54, 1.807) is 7.05 Å². The van der Waals surface area contributed by atoms with Gasteiger partial charge in [-0.1, -0.05) is 85.6 Å². The second-order valence-corrected chi connectivity index (χ2v) is 18.6. The van der Waals surface area contributed by atoms with E-state index in [-0.39, 0.29) is 5.41 Å². The van der Waals surface area contributed by atoms with Crippen LogP contribution < -0.4 is 15.5 Å². The highest BCUT2D eigenvalue weighted by Crippen LogP contribution is 2.32. The van der Waals surface area contributed by atoms with Crippen molar-refractivity contribution in [2.24, 2.45) is 4.99 Å². The van der Waals surface area contributed by atoms with Gasteiger partial charge in [-0.05, 0) is 96.3 Å². The summed E-state index contributed by atoms with van der Waals surface area (Å²) in [6.07, 6.45) is 3.45. The molecule has 5 aromatic carbocycles. The standard InChI is InChI=1S/C48H55Cl2N8P/c1-48(2,20-21-55-22-26-57(27-23-55)41-16-8-36(9-17-41)47-43-31-39(50)13-19-45(43)53-54-47)37-10-4-34(5-11-37)32-59-33-56-24-28-58(29-25-56)40-14-6-35(7-15-40)46(52-3)42-30-38(49)12-18-44(42)51/h4-19,30-31,59H,20-29,32-33,51H2,1-3H3,(H,53,54)/b52-46-. The number of H-pyrrole nitrogens is 1. The number of aliphatic imine (C=N–C) groups is 1. The number of fused-ring (bicyclic) bond motifs is 1. The number of hydrogen-bond donors (Lipinski definition) is 2. The van der Waals surface area contributed by atoms with E-state index in [9.17, 15) is 0 Å². The number of piperazine rings is 2. The average molecular weight is 846 g/mol. The first-order valence-corrected chi connectivity index (χ1v) is 22.9. The van der Waals surface area contributed by atoms with Gasteiger partial charge in [-0.3, -0.25) is 19.9 Å². The highest BCUT2D eigenvalue weighted by atomic mass is 35.5. The van der Waals surface area contributed by atoms with Gasteiger partial charge in [0.25, 0.3) is 0 Å². The molecule has 0 aliphatic carbocycles. The molecule has 0 spiro atoms. The fourth-order valence-corrected chi connectivity index (χ4v) is 10.0. The maximum absolute atomic E-state index is 6.27. The smallest absolute Gasteiger partial charge is 0.0999 e. The molecule has 6 aromatic rings. The van der Waals surface area contributed by atoms with Crippen LogP contribution in [0.4, 0.5) is 17.1 Å². The Morgan fingerprint density at radius 2 is 1.36 bits per heavy atom. The van der Waals surface area contributed by atoms with Crippen LogP contribution >= 0.6 is 31.8 Å². The number of halogens is 2. The Hall–Kier alpha value is -4.43. The van der Waals surface area contributed by atoms with Gasteiger partial charge in [0.2, 0.25) is 0 Å². The second kappa shape index (κ2) is 18.5. The maximum Gasteiger partial charge on any atom is 0.0999 e. The Labute approximate surface area is 361 Å². The van der Waals surface area contributed by atoms with E-state index in [1.807, 2.05) is 36.4 Å². The molecule has 306 valence electrons. The van der Waals surface area contributed by atoms with Gasteiger partial charge < -0.3 is 15.5 Å². The van der Waals surface area contributed by atoms with Gasteiger partial charge in [0.1, 0.15) is 0 Å². The normalized spacial score (nSPS) is 16.2. The first-order chi connectivity index (χ1) is 28.6. The first-order valence-electron chi connectivity index (χ1n) is 20.7. The summed E-state index contributed by atoms with van der Waals surface area (Å²) >= 11 is 12.5. The fraction of sp³-hybridized carbons (Fsp3) is 0.333.